The molecular formula is C20H19F3N4O3S. The van der Waals surface area contributed by atoms with Crippen LogP contribution in [0.15, 0.2) is 35.5 Å². The Morgan fingerprint density at radius 1 is 1.00 bits per heavy atom. The fraction of sp³-hybridized carbons (Fsp3) is 0.300. The van der Waals surface area contributed by atoms with Gasteiger partial charge in [-0.05, 0) is 37.1 Å². The van der Waals surface area contributed by atoms with Gasteiger partial charge in [0.1, 0.15) is 0 Å². The van der Waals surface area contributed by atoms with Gasteiger partial charge < -0.3 is 15.5 Å². The highest BCUT2D eigenvalue weighted by molar-refractivity contribution is 7.99. The Morgan fingerprint density at radius 2 is 1.74 bits per heavy atom. The average Bonchev–Trinajstić information content (AvgIpc) is 3.31. The van der Waals surface area contributed by atoms with Gasteiger partial charge in [-0.1, -0.05) is 11.8 Å². The molecule has 0 atom stereocenters. The van der Waals surface area contributed by atoms with Gasteiger partial charge in [-0.2, -0.15) is 0 Å². The Bertz CT molecular complexity index is 982. The molecular weight excluding hydrogens is 433 g/mol. The first-order valence-corrected chi connectivity index (χ1v) is 10.4. The van der Waals surface area contributed by atoms with Crippen LogP contribution in [0.4, 0.5) is 18.9 Å². The number of pyridine rings is 1. The SMILES string of the molecule is O=C(CSc1ccc(C(=O)N2CCCC2)cn1)NCC(=O)Nc1ccc(F)c(F)c1F. The maximum Gasteiger partial charge on any atom is 0.255 e. The summed E-state index contributed by atoms with van der Waals surface area (Å²) in [6.45, 7) is 1.01. The molecule has 7 nitrogen and oxygen atoms in total. The van der Waals surface area contributed by atoms with Gasteiger partial charge in [-0.15, -0.1) is 0 Å². The number of hydrogen-bond donors (Lipinski definition) is 2. The van der Waals surface area contributed by atoms with Gasteiger partial charge in [-0.25, -0.2) is 18.2 Å². The van der Waals surface area contributed by atoms with Crippen LogP contribution in [0, 0.1) is 17.5 Å². The highest BCUT2D eigenvalue weighted by Gasteiger charge is 2.20. The lowest BCUT2D eigenvalue weighted by Gasteiger charge is -2.14. The molecule has 1 fully saturated rings. The van der Waals surface area contributed by atoms with Crippen molar-refractivity contribution in [1.29, 1.82) is 0 Å². The van der Waals surface area contributed by atoms with Gasteiger partial charge in [0.05, 0.1) is 28.6 Å². The maximum atomic E-state index is 13.5. The summed E-state index contributed by atoms with van der Waals surface area (Å²) < 4.78 is 39.6. The number of likely N-dealkylation sites (tertiary alicyclic amines) is 1. The molecule has 164 valence electrons. The fourth-order valence-electron chi connectivity index (χ4n) is 2.88. The van der Waals surface area contributed by atoms with Crippen molar-refractivity contribution >= 4 is 35.2 Å². The van der Waals surface area contributed by atoms with E-state index in [-0.39, 0.29) is 11.7 Å². The molecule has 3 rings (SSSR count). The maximum absolute atomic E-state index is 13.5. The minimum atomic E-state index is -1.70. The zero-order chi connectivity index (χ0) is 22.4. The van der Waals surface area contributed by atoms with Crippen LogP contribution in [-0.2, 0) is 9.59 Å². The number of nitrogens with one attached hydrogen (secondary N) is 2. The molecule has 11 heteroatoms. The van der Waals surface area contributed by atoms with Crippen LogP contribution in [0.5, 0.6) is 0 Å². The first kappa shape index (κ1) is 22.6. The summed E-state index contributed by atoms with van der Waals surface area (Å²) >= 11 is 1.11. The molecule has 2 N–H and O–H groups in total. The van der Waals surface area contributed by atoms with E-state index in [2.05, 4.69) is 15.6 Å². The van der Waals surface area contributed by atoms with Gasteiger partial charge >= 0.3 is 0 Å². The molecule has 1 aromatic carbocycles. The van der Waals surface area contributed by atoms with Crippen LogP contribution in [0.25, 0.3) is 0 Å². The van der Waals surface area contributed by atoms with E-state index in [4.69, 9.17) is 0 Å². The fourth-order valence-corrected chi connectivity index (χ4v) is 3.55. The van der Waals surface area contributed by atoms with Crippen molar-refractivity contribution in [3.05, 3.63) is 53.5 Å². The molecule has 0 aliphatic carbocycles. The second kappa shape index (κ2) is 10.3. The number of anilines is 1. The van der Waals surface area contributed by atoms with Gasteiger partial charge in [0, 0.05) is 19.3 Å². The number of hydrogen-bond acceptors (Lipinski definition) is 5. The second-order valence-corrected chi connectivity index (χ2v) is 7.72. The topological polar surface area (TPSA) is 91.4 Å². The largest absolute Gasteiger partial charge is 0.346 e. The second-order valence-electron chi connectivity index (χ2n) is 6.72. The summed E-state index contributed by atoms with van der Waals surface area (Å²) in [6, 6.07) is 4.85. The molecule has 1 aromatic heterocycles. The predicted molar refractivity (Wildman–Crippen MR) is 108 cm³/mol. The molecule has 3 amide bonds. The normalized spacial score (nSPS) is 13.2. The monoisotopic (exact) mass is 452 g/mol. The smallest absolute Gasteiger partial charge is 0.255 e. The standard InChI is InChI=1S/C20H19F3N4O3S/c21-13-4-5-14(19(23)18(13)22)26-15(28)10-24-16(29)11-31-17-6-3-12(9-25-17)20(30)27-7-1-2-8-27/h3-6,9H,1-2,7-8,10-11H2,(H,24,29)(H,26,28). The molecule has 31 heavy (non-hydrogen) atoms. The summed E-state index contributed by atoms with van der Waals surface area (Å²) in [4.78, 5) is 41.9. The van der Waals surface area contributed by atoms with E-state index in [1.807, 2.05) is 0 Å². The number of aromatic nitrogens is 1. The molecule has 0 radical (unpaired) electrons. The highest BCUT2D eigenvalue weighted by atomic mass is 32.2. The Balaban J connectivity index is 1.42. The van der Waals surface area contributed by atoms with Crippen LogP contribution in [-0.4, -0.2) is 53.0 Å². The Labute approximate surface area is 180 Å². The number of benzene rings is 1. The average molecular weight is 452 g/mol. The first-order chi connectivity index (χ1) is 14.8. The molecule has 1 aliphatic rings. The van der Waals surface area contributed by atoms with Crippen LogP contribution in [0.2, 0.25) is 0 Å². The van der Waals surface area contributed by atoms with Crippen molar-refractivity contribution in [2.45, 2.75) is 17.9 Å². The van der Waals surface area contributed by atoms with E-state index in [0.717, 1.165) is 43.8 Å². The molecule has 1 saturated heterocycles. The molecule has 2 aromatic rings. The minimum absolute atomic E-state index is 0.0424. The van der Waals surface area contributed by atoms with E-state index in [0.29, 0.717) is 16.7 Å². The van der Waals surface area contributed by atoms with E-state index < -0.39 is 41.5 Å². The Hall–Kier alpha value is -3.08. The van der Waals surface area contributed by atoms with Crippen LogP contribution >= 0.6 is 11.8 Å². The molecule has 0 bridgehead atoms. The molecule has 0 unspecified atom stereocenters. The van der Waals surface area contributed by atoms with Gasteiger partial charge in [0.15, 0.2) is 17.5 Å². The van der Waals surface area contributed by atoms with E-state index in [9.17, 15) is 27.6 Å². The summed E-state index contributed by atoms with van der Waals surface area (Å²) in [5.74, 6) is -5.98. The van der Waals surface area contributed by atoms with Crippen LogP contribution in [0.3, 0.4) is 0 Å². The summed E-state index contributed by atoms with van der Waals surface area (Å²) in [5, 5.41) is 4.92. The van der Waals surface area contributed by atoms with E-state index in [1.54, 1.807) is 17.0 Å². The van der Waals surface area contributed by atoms with Gasteiger partial charge in [0.25, 0.3) is 5.91 Å². The lowest BCUT2D eigenvalue weighted by Crippen LogP contribution is -2.34. The molecule has 0 saturated carbocycles. The predicted octanol–water partition coefficient (Wildman–Crippen LogP) is 2.58. The van der Waals surface area contributed by atoms with Crippen molar-refractivity contribution in [3.63, 3.8) is 0 Å². The van der Waals surface area contributed by atoms with Gasteiger partial charge in [0.2, 0.25) is 11.8 Å². The zero-order valence-electron chi connectivity index (χ0n) is 16.3. The zero-order valence-corrected chi connectivity index (χ0v) is 17.1. The van der Waals surface area contributed by atoms with Crippen LogP contribution < -0.4 is 10.6 Å². The number of halogens is 3. The van der Waals surface area contributed by atoms with Crippen molar-refractivity contribution in [2.75, 3.05) is 30.7 Å². The summed E-state index contributed by atoms with van der Waals surface area (Å²) in [6.07, 6.45) is 3.46. The molecule has 2 heterocycles. The third kappa shape index (κ3) is 5.97. The number of carbonyl (C=O) groups is 3. The van der Waals surface area contributed by atoms with Crippen molar-refractivity contribution in [1.82, 2.24) is 15.2 Å². The summed E-state index contributed by atoms with van der Waals surface area (Å²) in [7, 11) is 0. The van der Waals surface area contributed by atoms with E-state index in [1.165, 1.54) is 6.20 Å². The lowest BCUT2D eigenvalue weighted by atomic mass is 10.2. The molecule has 0 spiro atoms. The summed E-state index contributed by atoms with van der Waals surface area (Å²) in [5.41, 5.74) is -0.0443. The van der Waals surface area contributed by atoms with Crippen molar-refractivity contribution in [3.8, 4) is 0 Å². The lowest BCUT2D eigenvalue weighted by molar-refractivity contribution is -0.122. The number of thioether (sulfide) groups is 1. The minimum Gasteiger partial charge on any atom is -0.346 e. The number of carbonyl (C=O) groups excluding carboxylic acids is 3. The molecule has 1 aliphatic heterocycles. The third-order valence-electron chi connectivity index (χ3n) is 4.48. The number of rotatable bonds is 7. The highest BCUT2D eigenvalue weighted by Crippen LogP contribution is 2.20. The third-order valence-corrected chi connectivity index (χ3v) is 5.43. The Kier molecular flexibility index (Phi) is 7.50. The van der Waals surface area contributed by atoms with Crippen LogP contribution in [0.1, 0.15) is 23.2 Å². The number of nitrogens with zero attached hydrogens (tertiary/aromatic N) is 2. The quantitative estimate of drug-likeness (QED) is 0.498. The number of amides is 3. The van der Waals surface area contributed by atoms with Crippen molar-refractivity contribution in [2.24, 2.45) is 0 Å². The first-order valence-electron chi connectivity index (χ1n) is 9.43. The Morgan fingerprint density at radius 3 is 2.42 bits per heavy atom. The van der Waals surface area contributed by atoms with Gasteiger partial charge in [-0.3, -0.25) is 14.4 Å². The van der Waals surface area contributed by atoms with E-state index >= 15 is 0 Å². The van der Waals surface area contributed by atoms with Crippen molar-refractivity contribution < 1.29 is 27.6 Å².